The molecule has 0 aliphatic heterocycles. The molecule has 71 valence electrons. The Kier molecular flexibility index (Phi) is 10.1. The molecule has 0 saturated carbocycles. The Morgan fingerprint density at radius 2 is 2.08 bits per heavy atom. The van der Waals surface area contributed by atoms with E-state index in [1.54, 1.807) is 0 Å². The van der Waals surface area contributed by atoms with Crippen molar-refractivity contribution in [2.24, 2.45) is 0 Å². The minimum absolute atomic E-state index is 0. The number of hydrogen-bond donors (Lipinski definition) is 1. The number of esters is 1. The van der Waals surface area contributed by atoms with E-state index in [1.807, 2.05) is 0 Å². The van der Waals surface area contributed by atoms with Crippen molar-refractivity contribution < 1.29 is 22.5 Å². The third-order valence-corrected chi connectivity index (χ3v) is 1.76. The Bertz CT molecular complexity index is 258. The second-order valence-corrected chi connectivity index (χ2v) is 3.58. The summed E-state index contributed by atoms with van der Waals surface area (Å²) >= 11 is 0. The van der Waals surface area contributed by atoms with E-state index in [2.05, 4.69) is 11.3 Å². The first-order chi connectivity index (χ1) is 5.45. The van der Waals surface area contributed by atoms with Crippen molar-refractivity contribution in [3.63, 3.8) is 0 Å². The molecule has 5 nitrogen and oxygen atoms in total. The number of carbonyl (C=O) groups excluding carboxylic acids is 1. The van der Waals surface area contributed by atoms with E-state index in [0.29, 0.717) is 0 Å². The van der Waals surface area contributed by atoms with Crippen LogP contribution in [0.1, 0.15) is 6.42 Å². The van der Waals surface area contributed by atoms with Crippen LogP contribution in [0.15, 0.2) is 12.7 Å². The maximum absolute atomic E-state index is 10.4. The zero-order chi connectivity index (χ0) is 9.61. The molecular weight excluding hydrogens is 223 g/mol. The van der Waals surface area contributed by atoms with Gasteiger partial charge in [0.2, 0.25) is 0 Å². The molecule has 0 aromatic rings. The Morgan fingerprint density at radius 3 is 2.46 bits per heavy atom. The summed E-state index contributed by atoms with van der Waals surface area (Å²) in [4.78, 5) is 10.4. The Morgan fingerprint density at radius 1 is 1.54 bits per heavy atom. The molecule has 0 spiro atoms. The second kappa shape index (κ2) is 8.10. The fourth-order valence-corrected chi connectivity index (χ4v) is 0.956. The summed E-state index contributed by atoms with van der Waals surface area (Å²) in [5.74, 6) is -1.01. The molecule has 0 aliphatic carbocycles. The Labute approximate surface area is 120 Å². The van der Waals surface area contributed by atoms with E-state index in [-0.39, 0.29) is 64.4 Å². The summed E-state index contributed by atoms with van der Waals surface area (Å²) in [6.07, 6.45) is 1.06. The predicted molar refractivity (Wildman–Crippen MR) is 47.9 cm³/mol. The largest absolute Gasteiger partial charge is 0.463 e. The molecule has 1 N–H and O–H groups in total. The first kappa shape index (κ1) is 16.2. The van der Waals surface area contributed by atoms with Crippen LogP contribution in [0.25, 0.3) is 0 Å². The van der Waals surface area contributed by atoms with Gasteiger partial charge in [-0.2, -0.15) is 8.42 Å². The fraction of sp³-hybridized carbons (Fsp3) is 0.500. The summed E-state index contributed by atoms with van der Waals surface area (Å²) in [6.45, 7) is 3.11. The molecule has 0 unspecified atom stereocenters. The van der Waals surface area contributed by atoms with Crippen LogP contribution in [0, 0.1) is 0 Å². The molecule has 1 radical (unpaired) electrons. The van der Waals surface area contributed by atoms with Crippen molar-refractivity contribution in [3.05, 3.63) is 12.7 Å². The summed E-state index contributed by atoms with van der Waals surface area (Å²) in [6, 6.07) is 0. The number of hydrogen-bond acceptors (Lipinski definition) is 4. The Hall–Kier alpha value is 0.756. The summed E-state index contributed by atoms with van der Waals surface area (Å²) < 4.78 is 33.0. The topological polar surface area (TPSA) is 80.7 Å². The van der Waals surface area contributed by atoms with E-state index in [4.69, 9.17) is 4.55 Å². The summed E-state index contributed by atoms with van der Waals surface area (Å²) in [7, 11) is -3.95. The van der Waals surface area contributed by atoms with Gasteiger partial charge in [-0.15, -0.1) is 0 Å². The van der Waals surface area contributed by atoms with Crippen LogP contribution < -0.4 is 0 Å². The van der Waals surface area contributed by atoms with Crippen molar-refractivity contribution in [2.45, 2.75) is 6.42 Å². The monoisotopic (exact) mass is 233 g/mol. The van der Waals surface area contributed by atoms with E-state index >= 15 is 0 Å². The van der Waals surface area contributed by atoms with Crippen LogP contribution in [0.2, 0.25) is 0 Å². The molecule has 13 heavy (non-hydrogen) atoms. The molecule has 0 amide bonds. The summed E-state index contributed by atoms with van der Waals surface area (Å²) in [5.41, 5.74) is 0. The van der Waals surface area contributed by atoms with Crippen molar-refractivity contribution in [1.29, 1.82) is 0 Å². The molecule has 0 fully saturated rings. The third-order valence-electron chi connectivity index (χ3n) is 0.958. The normalized spacial score (nSPS) is 9.92. The van der Waals surface area contributed by atoms with Crippen LogP contribution in [-0.4, -0.2) is 82.7 Å². The van der Waals surface area contributed by atoms with Crippen LogP contribution in [-0.2, 0) is 19.6 Å². The van der Waals surface area contributed by atoms with Gasteiger partial charge in [0.1, 0.15) is 0 Å². The van der Waals surface area contributed by atoms with Crippen molar-refractivity contribution in [3.8, 4) is 0 Å². The van der Waals surface area contributed by atoms with Gasteiger partial charge in [-0.1, -0.05) is 6.58 Å². The zero-order valence-corrected chi connectivity index (χ0v) is 11.3. The number of rotatable bonds is 5. The van der Waals surface area contributed by atoms with Crippen LogP contribution in [0.5, 0.6) is 0 Å². The zero-order valence-electron chi connectivity index (χ0n) is 7.39. The molecule has 0 saturated heterocycles. The van der Waals surface area contributed by atoms with E-state index in [1.165, 1.54) is 0 Å². The van der Waals surface area contributed by atoms with Gasteiger partial charge in [0, 0.05) is 57.5 Å². The molecule has 0 aromatic heterocycles. The van der Waals surface area contributed by atoms with E-state index in [9.17, 15) is 13.2 Å². The number of carbonyl (C=O) groups is 1. The Balaban J connectivity index is 0. The van der Waals surface area contributed by atoms with Gasteiger partial charge in [-0.05, 0) is 6.42 Å². The maximum atomic E-state index is 10.4. The SMILES string of the molecule is C=CC(=O)OCCCS(=O)(=O)O.[K]. The molecule has 0 bridgehead atoms. The average Bonchev–Trinajstić information content (AvgIpc) is 1.96. The van der Waals surface area contributed by atoms with Gasteiger partial charge in [0.25, 0.3) is 10.1 Å². The van der Waals surface area contributed by atoms with Gasteiger partial charge >= 0.3 is 5.97 Å². The predicted octanol–water partition coefficient (Wildman–Crippen LogP) is -0.387. The molecule has 0 rings (SSSR count). The summed E-state index contributed by atoms with van der Waals surface area (Å²) in [5, 5.41) is 0. The molecule has 0 aromatic carbocycles. The van der Waals surface area contributed by atoms with Crippen LogP contribution >= 0.6 is 0 Å². The van der Waals surface area contributed by atoms with Gasteiger partial charge < -0.3 is 4.74 Å². The quantitative estimate of drug-likeness (QED) is 0.230. The van der Waals surface area contributed by atoms with Gasteiger partial charge in [-0.3, -0.25) is 4.55 Å². The van der Waals surface area contributed by atoms with Crippen LogP contribution in [0.4, 0.5) is 0 Å². The van der Waals surface area contributed by atoms with Gasteiger partial charge in [0.15, 0.2) is 0 Å². The smallest absolute Gasteiger partial charge is 0.330 e. The minimum Gasteiger partial charge on any atom is -0.463 e. The first-order valence-electron chi connectivity index (χ1n) is 3.20. The fourth-order valence-electron chi connectivity index (χ4n) is 0.473. The van der Waals surface area contributed by atoms with Crippen molar-refractivity contribution in [1.82, 2.24) is 0 Å². The standard InChI is InChI=1S/C6H10O5S.K/c1-2-6(7)11-4-3-5-12(8,9)10;/h2H,1,3-5H2,(H,8,9,10);. The molecule has 0 heterocycles. The van der Waals surface area contributed by atoms with Crippen molar-refractivity contribution >= 4 is 67.5 Å². The second-order valence-electron chi connectivity index (χ2n) is 2.01. The minimum atomic E-state index is -3.95. The maximum Gasteiger partial charge on any atom is 0.330 e. The van der Waals surface area contributed by atoms with Crippen LogP contribution in [0.3, 0.4) is 0 Å². The average molecular weight is 233 g/mol. The van der Waals surface area contributed by atoms with E-state index in [0.717, 1.165) is 6.08 Å². The van der Waals surface area contributed by atoms with Gasteiger partial charge in [-0.25, -0.2) is 4.79 Å². The number of ether oxygens (including phenoxy) is 1. The first-order valence-corrected chi connectivity index (χ1v) is 4.81. The van der Waals surface area contributed by atoms with E-state index < -0.39 is 21.8 Å². The molecule has 7 heteroatoms. The van der Waals surface area contributed by atoms with Gasteiger partial charge in [0.05, 0.1) is 12.4 Å². The van der Waals surface area contributed by atoms with Crippen molar-refractivity contribution in [2.75, 3.05) is 12.4 Å². The molecule has 0 atom stereocenters. The molecule has 0 aliphatic rings. The third kappa shape index (κ3) is 12.8. The molecular formula is C6H10KO5S.